The fourth-order valence-electron chi connectivity index (χ4n) is 2.73. The van der Waals surface area contributed by atoms with Crippen molar-refractivity contribution in [1.29, 1.82) is 0 Å². The molecule has 0 atom stereocenters. The highest BCUT2D eigenvalue weighted by Gasteiger charge is 2.25. The summed E-state index contributed by atoms with van der Waals surface area (Å²) in [6, 6.07) is 12.5. The van der Waals surface area contributed by atoms with Crippen LogP contribution in [0.2, 0.25) is 0 Å². The molecule has 0 fully saturated rings. The summed E-state index contributed by atoms with van der Waals surface area (Å²) in [6.07, 6.45) is 1.03. The molecule has 1 aromatic carbocycles. The van der Waals surface area contributed by atoms with Crippen LogP contribution in [0.3, 0.4) is 0 Å². The summed E-state index contributed by atoms with van der Waals surface area (Å²) < 4.78 is 3.08. The Morgan fingerprint density at radius 2 is 2.10 bits per heavy atom. The van der Waals surface area contributed by atoms with Crippen LogP contribution in [0.25, 0.3) is 16.3 Å². The maximum atomic E-state index is 4.88. The fraction of sp³-hybridized carbons (Fsp3) is 0.188. The highest BCUT2D eigenvalue weighted by Crippen LogP contribution is 2.38. The van der Waals surface area contributed by atoms with E-state index >= 15 is 0 Å². The van der Waals surface area contributed by atoms with Gasteiger partial charge in [0.1, 0.15) is 11.5 Å². The molecule has 0 unspecified atom stereocenters. The van der Waals surface area contributed by atoms with Gasteiger partial charge in [-0.2, -0.15) is 5.10 Å². The molecule has 3 aromatic rings. The molecule has 0 bridgehead atoms. The second-order valence-corrected chi connectivity index (χ2v) is 7.27. The van der Waals surface area contributed by atoms with Crippen molar-refractivity contribution in [3.63, 3.8) is 0 Å². The minimum Gasteiger partial charge on any atom is -0.369 e. The van der Waals surface area contributed by atoms with Crippen molar-refractivity contribution in [2.75, 3.05) is 11.9 Å². The van der Waals surface area contributed by atoms with E-state index < -0.39 is 0 Å². The van der Waals surface area contributed by atoms with E-state index in [1.54, 1.807) is 11.3 Å². The van der Waals surface area contributed by atoms with Gasteiger partial charge in [0.2, 0.25) is 0 Å². The van der Waals surface area contributed by atoms with Crippen LogP contribution in [0, 0.1) is 6.92 Å². The van der Waals surface area contributed by atoms with E-state index in [2.05, 4.69) is 46.4 Å². The average molecular weight is 360 g/mol. The van der Waals surface area contributed by atoms with Crippen LogP contribution in [0.1, 0.15) is 10.4 Å². The van der Waals surface area contributed by atoms with E-state index in [9.17, 15) is 0 Å². The summed E-state index contributed by atoms with van der Waals surface area (Å²) in [6.45, 7) is 3.12. The summed E-state index contributed by atoms with van der Waals surface area (Å²) in [5, 5.41) is 8.36. The smallest absolute Gasteiger partial charge is 0.133 e. The molecule has 106 valence electrons. The van der Waals surface area contributed by atoms with Crippen molar-refractivity contribution >= 4 is 33.1 Å². The van der Waals surface area contributed by atoms with Crippen molar-refractivity contribution in [1.82, 2.24) is 9.78 Å². The molecule has 0 saturated carbocycles. The predicted octanol–water partition coefficient (Wildman–Crippen LogP) is 4.64. The molecule has 4 rings (SSSR count). The summed E-state index contributed by atoms with van der Waals surface area (Å²) in [5.74, 6) is 1.13. The molecule has 0 spiro atoms. The van der Waals surface area contributed by atoms with Crippen molar-refractivity contribution in [3.8, 4) is 16.3 Å². The second-order valence-electron chi connectivity index (χ2n) is 5.13. The number of benzene rings is 1. The lowest BCUT2D eigenvalue weighted by molar-refractivity contribution is 0.879. The minimum absolute atomic E-state index is 0.981. The van der Waals surface area contributed by atoms with Crippen molar-refractivity contribution < 1.29 is 0 Å². The first-order chi connectivity index (χ1) is 10.2. The quantitative estimate of drug-likeness (QED) is 0.722. The molecular formula is C16H14BrN3S. The molecule has 1 aliphatic heterocycles. The molecular weight excluding hydrogens is 346 g/mol. The molecule has 2 aromatic heterocycles. The maximum Gasteiger partial charge on any atom is 0.133 e. The molecule has 3 nitrogen and oxygen atoms in total. The van der Waals surface area contributed by atoms with Crippen molar-refractivity contribution in [2.45, 2.75) is 13.3 Å². The number of rotatable bonds is 2. The van der Waals surface area contributed by atoms with Gasteiger partial charge >= 0.3 is 0 Å². The van der Waals surface area contributed by atoms with Gasteiger partial charge in [-0.25, -0.2) is 4.68 Å². The first-order valence-electron chi connectivity index (χ1n) is 6.91. The Morgan fingerprint density at radius 3 is 2.86 bits per heavy atom. The van der Waals surface area contributed by atoms with Crippen LogP contribution in [-0.2, 0) is 6.42 Å². The number of hydrogen-bond donors (Lipinski definition) is 1. The molecule has 1 N–H and O–H groups in total. The Morgan fingerprint density at radius 1 is 1.24 bits per heavy atom. The number of para-hydroxylation sites is 1. The SMILES string of the molecule is Cc1ccc(-c2nn(-c3ccccc3Br)c3c2CCN3)s1. The van der Waals surface area contributed by atoms with Crippen LogP contribution >= 0.6 is 27.3 Å². The Kier molecular flexibility index (Phi) is 3.12. The van der Waals surface area contributed by atoms with Gasteiger partial charge in [-0.3, -0.25) is 0 Å². The Balaban J connectivity index is 1.93. The Bertz CT molecular complexity index is 819. The predicted molar refractivity (Wildman–Crippen MR) is 91.5 cm³/mol. The number of thiophene rings is 1. The number of fused-ring (bicyclic) bond motifs is 1. The summed E-state index contributed by atoms with van der Waals surface area (Å²) in [5.41, 5.74) is 3.51. The van der Waals surface area contributed by atoms with E-state index in [1.165, 1.54) is 15.3 Å². The van der Waals surface area contributed by atoms with Crippen LogP contribution in [0.4, 0.5) is 5.82 Å². The van der Waals surface area contributed by atoms with E-state index in [0.29, 0.717) is 0 Å². The highest BCUT2D eigenvalue weighted by atomic mass is 79.9. The van der Waals surface area contributed by atoms with Gasteiger partial charge in [0.15, 0.2) is 0 Å². The first-order valence-corrected chi connectivity index (χ1v) is 8.52. The van der Waals surface area contributed by atoms with Gasteiger partial charge in [-0.1, -0.05) is 12.1 Å². The number of aryl methyl sites for hydroxylation is 1. The third kappa shape index (κ3) is 2.12. The third-order valence-corrected chi connectivity index (χ3v) is 5.38. The zero-order chi connectivity index (χ0) is 14.4. The van der Waals surface area contributed by atoms with E-state index in [1.807, 2.05) is 22.9 Å². The largest absolute Gasteiger partial charge is 0.369 e. The number of aromatic nitrogens is 2. The first kappa shape index (κ1) is 13.1. The standard InChI is InChI=1S/C16H14BrN3S/c1-10-6-7-14(21-10)15-11-8-9-18-16(11)20(19-15)13-5-3-2-4-12(13)17/h2-7,18H,8-9H2,1H3. The fourth-order valence-corrected chi connectivity index (χ4v) is 4.06. The molecule has 21 heavy (non-hydrogen) atoms. The number of nitrogens with one attached hydrogen (secondary N) is 1. The molecule has 0 saturated heterocycles. The molecule has 3 heterocycles. The maximum absolute atomic E-state index is 4.88. The Labute approximate surface area is 135 Å². The monoisotopic (exact) mass is 359 g/mol. The van der Waals surface area contributed by atoms with Gasteiger partial charge in [-0.05, 0) is 53.5 Å². The molecule has 5 heteroatoms. The average Bonchev–Trinajstić information content (AvgIpc) is 3.15. The summed E-state index contributed by atoms with van der Waals surface area (Å²) >= 11 is 5.43. The second kappa shape index (κ2) is 5.00. The van der Waals surface area contributed by atoms with Crippen LogP contribution in [0.5, 0.6) is 0 Å². The summed E-state index contributed by atoms with van der Waals surface area (Å²) in [4.78, 5) is 2.57. The lowest BCUT2D eigenvalue weighted by atomic mass is 10.2. The number of nitrogens with zero attached hydrogens (tertiary/aromatic N) is 2. The minimum atomic E-state index is 0.981. The van der Waals surface area contributed by atoms with E-state index in [4.69, 9.17) is 5.10 Å². The number of halogens is 1. The van der Waals surface area contributed by atoms with Gasteiger partial charge in [0, 0.05) is 21.5 Å². The van der Waals surface area contributed by atoms with Crippen LogP contribution < -0.4 is 5.32 Å². The highest BCUT2D eigenvalue weighted by molar-refractivity contribution is 9.10. The van der Waals surface area contributed by atoms with Gasteiger partial charge < -0.3 is 5.32 Å². The molecule has 0 amide bonds. The van der Waals surface area contributed by atoms with Gasteiger partial charge in [-0.15, -0.1) is 11.3 Å². The molecule has 1 aliphatic rings. The zero-order valence-electron chi connectivity index (χ0n) is 11.6. The summed E-state index contributed by atoms with van der Waals surface area (Å²) in [7, 11) is 0. The molecule has 0 radical (unpaired) electrons. The molecule has 0 aliphatic carbocycles. The van der Waals surface area contributed by atoms with Crippen molar-refractivity contribution in [2.24, 2.45) is 0 Å². The third-order valence-electron chi connectivity index (χ3n) is 3.71. The van der Waals surface area contributed by atoms with E-state index in [-0.39, 0.29) is 0 Å². The topological polar surface area (TPSA) is 29.9 Å². The lowest BCUT2D eigenvalue weighted by Crippen LogP contribution is -2.04. The number of anilines is 1. The van der Waals surface area contributed by atoms with Crippen molar-refractivity contribution in [3.05, 3.63) is 51.3 Å². The van der Waals surface area contributed by atoms with Crippen LogP contribution in [0.15, 0.2) is 40.9 Å². The van der Waals surface area contributed by atoms with Gasteiger partial charge in [0.05, 0.1) is 10.6 Å². The van der Waals surface area contributed by atoms with Crippen LogP contribution in [-0.4, -0.2) is 16.3 Å². The number of hydrogen-bond acceptors (Lipinski definition) is 3. The van der Waals surface area contributed by atoms with E-state index in [0.717, 1.165) is 34.6 Å². The zero-order valence-corrected chi connectivity index (χ0v) is 14.0. The van der Waals surface area contributed by atoms with Gasteiger partial charge in [0.25, 0.3) is 0 Å². The Hall–Kier alpha value is -1.59. The lowest BCUT2D eigenvalue weighted by Gasteiger charge is -2.08. The normalized spacial score (nSPS) is 13.2.